The van der Waals surface area contributed by atoms with Crippen molar-refractivity contribution in [2.75, 3.05) is 14.2 Å². The molecule has 1 amide bonds. The topological polar surface area (TPSA) is 64.6 Å². The van der Waals surface area contributed by atoms with Gasteiger partial charge in [-0.2, -0.15) is 0 Å². The molecule has 3 rings (SSSR count). The lowest BCUT2D eigenvalue weighted by Crippen LogP contribution is -2.58. The SMILES string of the molecule is COC(=O)C1(NC(=O)c2ccccc2)CCc2cccc(OC)c2C1. The Morgan fingerprint density at radius 2 is 1.80 bits per heavy atom. The zero-order valence-electron chi connectivity index (χ0n) is 14.4. The minimum absolute atomic E-state index is 0.288. The number of nitrogens with one attached hydrogen (secondary N) is 1. The zero-order chi connectivity index (χ0) is 17.9. The van der Waals surface area contributed by atoms with Gasteiger partial charge in [-0.25, -0.2) is 4.79 Å². The molecule has 0 radical (unpaired) electrons. The van der Waals surface area contributed by atoms with Crippen LogP contribution in [0.25, 0.3) is 0 Å². The van der Waals surface area contributed by atoms with Gasteiger partial charge in [-0.15, -0.1) is 0 Å². The molecule has 2 aromatic rings. The van der Waals surface area contributed by atoms with Crippen molar-refractivity contribution in [3.63, 3.8) is 0 Å². The monoisotopic (exact) mass is 339 g/mol. The van der Waals surface area contributed by atoms with E-state index in [1.54, 1.807) is 31.4 Å². The fourth-order valence-electron chi connectivity index (χ4n) is 3.38. The number of aryl methyl sites for hydroxylation is 1. The molecule has 0 saturated carbocycles. The van der Waals surface area contributed by atoms with Gasteiger partial charge < -0.3 is 14.8 Å². The largest absolute Gasteiger partial charge is 0.496 e. The van der Waals surface area contributed by atoms with Crippen molar-refractivity contribution >= 4 is 11.9 Å². The molecule has 130 valence electrons. The number of fused-ring (bicyclic) bond motifs is 1. The Morgan fingerprint density at radius 1 is 1.04 bits per heavy atom. The molecule has 5 nitrogen and oxygen atoms in total. The lowest BCUT2D eigenvalue weighted by molar-refractivity contribution is -0.148. The minimum Gasteiger partial charge on any atom is -0.496 e. The highest BCUT2D eigenvalue weighted by Gasteiger charge is 2.44. The molecule has 1 aliphatic rings. The van der Waals surface area contributed by atoms with Crippen LogP contribution >= 0.6 is 0 Å². The average Bonchev–Trinajstić information content (AvgIpc) is 2.67. The highest BCUT2D eigenvalue weighted by atomic mass is 16.5. The second-order valence-electron chi connectivity index (χ2n) is 6.17. The number of hydrogen-bond donors (Lipinski definition) is 1. The lowest BCUT2D eigenvalue weighted by atomic mass is 9.77. The van der Waals surface area contributed by atoms with Crippen LogP contribution in [0, 0.1) is 0 Å². The van der Waals surface area contributed by atoms with Crippen LogP contribution in [0.1, 0.15) is 27.9 Å². The van der Waals surface area contributed by atoms with Crippen molar-refractivity contribution in [2.45, 2.75) is 24.8 Å². The van der Waals surface area contributed by atoms with Gasteiger partial charge in [0.2, 0.25) is 0 Å². The molecule has 0 spiro atoms. The summed E-state index contributed by atoms with van der Waals surface area (Å²) in [5.74, 6) is -0.00266. The summed E-state index contributed by atoms with van der Waals surface area (Å²) >= 11 is 0. The number of carbonyl (C=O) groups is 2. The standard InChI is InChI=1S/C20H21NO4/c1-24-17-10-6-9-14-11-12-20(13-16(14)17,19(23)25-2)21-18(22)15-7-4-3-5-8-15/h3-10H,11-13H2,1-2H3,(H,21,22). The first-order chi connectivity index (χ1) is 12.1. The fraction of sp³-hybridized carbons (Fsp3) is 0.300. The molecule has 5 heteroatoms. The van der Waals surface area contributed by atoms with E-state index in [9.17, 15) is 9.59 Å². The quantitative estimate of drug-likeness (QED) is 0.870. The third-order valence-electron chi connectivity index (χ3n) is 4.71. The van der Waals surface area contributed by atoms with E-state index in [1.165, 1.54) is 7.11 Å². The molecule has 0 fully saturated rings. The maximum absolute atomic E-state index is 12.7. The summed E-state index contributed by atoms with van der Waals surface area (Å²) in [5, 5.41) is 2.92. The maximum Gasteiger partial charge on any atom is 0.331 e. The highest BCUT2D eigenvalue weighted by Crippen LogP contribution is 2.35. The number of esters is 1. The summed E-state index contributed by atoms with van der Waals surface area (Å²) in [7, 11) is 2.95. The van der Waals surface area contributed by atoms with Gasteiger partial charge in [0.25, 0.3) is 5.91 Å². The normalized spacial score (nSPS) is 18.8. The van der Waals surface area contributed by atoms with Gasteiger partial charge in [-0.05, 0) is 36.6 Å². The van der Waals surface area contributed by atoms with E-state index in [-0.39, 0.29) is 5.91 Å². The first-order valence-corrected chi connectivity index (χ1v) is 8.20. The van der Waals surface area contributed by atoms with Crippen molar-refractivity contribution in [1.29, 1.82) is 0 Å². The average molecular weight is 339 g/mol. The van der Waals surface area contributed by atoms with E-state index < -0.39 is 11.5 Å². The first kappa shape index (κ1) is 17.0. The van der Waals surface area contributed by atoms with Gasteiger partial charge in [0, 0.05) is 17.5 Å². The number of ether oxygens (including phenoxy) is 2. The van der Waals surface area contributed by atoms with Crippen molar-refractivity contribution in [3.8, 4) is 5.75 Å². The molecule has 0 saturated heterocycles. The Balaban J connectivity index is 1.95. The van der Waals surface area contributed by atoms with Crippen molar-refractivity contribution in [2.24, 2.45) is 0 Å². The van der Waals surface area contributed by atoms with Gasteiger partial charge in [0.05, 0.1) is 14.2 Å². The first-order valence-electron chi connectivity index (χ1n) is 8.20. The van der Waals surface area contributed by atoms with Crippen LogP contribution in [-0.2, 0) is 22.4 Å². The summed E-state index contributed by atoms with van der Waals surface area (Å²) in [4.78, 5) is 25.2. The second-order valence-corrected chi connectivity index (χ2v) is 6.17. The van der Waals surface area contributed by atoms with Crippen LogP contribution in [-0.4, -0.2) is 31.6 Å². The van der Waals surface area contributed by atoms with E-state index in [0.717, 1.165) is 16.9 Å². The number of hydrogen-bond acceptors (Lipinski definition) is 4. The van der Waals surface area contributed by atoms with Crippen molar-refractivity contribution < 1.29 is 19.1 Å². The molecule has 0 aliphatic heterocycles. The fourth-order valence-corrected chi connectivity index (χ4v) is 3.38. The predicted octanol–water partition coefficient (Wildman–Crippen LogP) is 2.53. The van der Waals surface area contributed by atoms with Crippen LogP contribution in [0.15, 0.2) is 48.5 Å². The highest BCUT2D eigenvalue weighted by molar-refractivity contribution is 5.98. The van der Waals surface area contributed by atoms with Gasteiger partial charge >= 0.3 is 5.97 Å². The summed E-state index contributed by atoms with van der Waals surface area (Å²) < 4.78 is 10.5. The second kappa shape index (κ2) is 6.97. The summed E-state index contributed by atoms with van der Waals surface area (Å²) in [6.07, 6.45) is 1.49. The zero-order valence-corrected chi connectivity index (χ0v) is 14.4. The number of methoxy groups -OCH3 is 2. The molecule has 25 heavy (non-hydrogen) atoms. The molecular weight excluding hydrogens is 318 g/mol. The minimum atomic E-state index is -1.09. The smallest absolute Gasteiger partial charge is 0.331 e. The summed E-state index contributed by atoms with van der Waals surface area (Å²) in [6.45, 7) is 0. The van der Waals surface area contributed by atoms with Crippen LogP contribution in [0.2, 0.25) is 0 Å². The third-order valence-corrected chi connectivity index (χ3v) is 4.71. The molecule has 0 aromatic heterocycles. The molecule has 1 unspecified atom stereocenters. The summed E-state index contributed by atoms with van der Waals surface area (Å²) in [6, 6.07) is 14.7. The molecule has 0 bridgehead atoms. The Kier molecular flexibility index (Phi) is 4.74. The van der Waals surface area contributed by atoms with Gasteiger partial charge in [-0.1, -0.05) is 30.3 Å². The number of carbonyl (C=O) groups excluding carboxylic acids is 2. The predicted molar refractivity (Wildman–Crippen MR) is 93.7 cm³/mol. The molecule has 1 atom stereocenters. The maximum atomic E-state index is 12.7. The van der Waals surface area contributed by atoms with E-state index >= 15 is 0 Å². The van der Waals surface area contributed by atoms with Gasteiger partial charge in [0.15, 0.2) is 0 Å². The molecular formula is C20H21NO4. The van der Waals surface area contributed by atoms with Crippen molar-refractivity contribution in [1.82, 2.24) is 5.32 Å². The van der Waals surface area contributed by atoms with E-state index in [2.05, 4.69) is 5.32 Å². The van der Waals surface area contributed by atoms with Crippen LogP contribution in [0.4, 0.5) is 0 Å². The Bertz CT molecular complexity index is 773. The third kappa shape index (κ3) is 3.22. The van der Waals surface area contributed by atoms with E-state index in [0.29, 0.717) is 24.8 Å². The lowest BCUT2D eigenvalue weighted by Gasteiger charge is -2.36. The van der Waals surface area contributed by atoms with Crippen LogP contribution < -0.4 is 10.1 Å². The number of benzene rings is 2. The van der Waals surface area contributed by atoms with Crippen LogP contribution in [0.3, 0.4) is 0 Å². The van der Waals surface area contributed by atoms with Crippen molar-refractivity contribution in [3.05, 3.63) is 65.2 Å². The van der Waals surface area contributed by atoms with Gasteiger partial charge in [0.1, 0.15) is 11.3 Å². The number of amides is 1. The molecule has 0 heterocycles. The van der Waals surface area contributed by atoms with E-state index in [4.69, 9.17) is 9.47 Å². The molecule has 1 N–H and O–H groups in total. The Morgan fingerprint density at radius 3 is 2.48 bits per heavy atom. The number of rotatable bonds is 4. The Hall–Kier alpha value is -2.82. The summed E-state index contributed by atoms with van der Waals surface area (Å²) in [5.41, 5.74) is 1.49. The Labute approximate surface area is 147 Å². The van der Waals surface area contributed by atoms with Crippen LogP contribution in [0.5, 0.6) is 5.75 Å². The molecule has 2 aromatic carbocycles. The molecule has 1 aliphatic carbocycles. The van der Waals surface area contributed by atoms with Gasteiger partial charge in [-0.3, -0.25) is 4.79 Å². The van der Waals surface area contributed by atoms with E-state index in [1.807, 2.05) is 24.3 Å².